The van der Waals surface area contributed by atoms with Crippen LogP contribution in [0.25, 0.3) is 6.08 Å². The maximum atomic E-state index is 12.0. The van der Waals surface area contributed by atoms with Crippen LogP contribution in [0.4, 0.5) is 5.69 Å². The monoisotopic (exact) mass is 439 g/mol. The van der Waals surface area contributed by atoms with Crippen molar-refractivity contribution in [1.82, 2.24) is 0 Å². The second-order valence-corrected chi connectivity index (χ2v) is 6.34. The topological polar surface area (TPSA) is 47.6 Å². The third-order valence-electron chi connectivity index (χ3n) is 2.98. The number of rotatable bonds is 5. The molecule has 0 bridgehead atoms. The van der Waals surface area contributed by atoms with Gasteiger partial charge >= 0.3 is 0 Å². The van der Waals surface area contributed by atoms with E-state index in [2.05, 4.69) is 37.2 Å². The minimum atomic E-state index is -0.214. The zero-order chi connectivity index (χ0) is 16.8. The van der Waals surface area contributed by atoms with Crippen LogP contribution in [0.3, 0.4) is 0 Å². The molecule has 0 aliphatic carbocycles. The summed E-state index contributed by atoms with van der Waals surface area (Å²) in [6, 6.07) is 11.1. The molecule has 0 saturated heterocycles. The molecule has 0 spiro atoms. The van der Waals surface area contributed by atoms with Crippen LogP contribution in [-0.4, -0.2) is 20.1 Å². The van der Waals surface area contributed by atoms with E-state index >= 15 is 0 Å². The summed E-state index contributed by atoms with van der Waals surface area (Å²) < 4.78 is 12.2. The molecule has 2 rings (SSSR count). The zero-order valence-electron chi connectivity index (χ0n) is 12.6. The Hall–Kier alpha value is -1.79. The molecule has 1 amide bonds. The average Bonchev–Trinajstić information content (AvgIpc) is 2.52. The number of ether oxygens (including phenoxy) is 2. The Bertz CT molecular complexity index is 745. The van der Waals surface area contributed by atoms with Gasteiger partial charge < -0.3 is 14.8 Å². The highest BCUT2D eigenvalue weighted by Gasteiger charge is 2.09. The van der Waals surface area contributed by atoms with Gasteiger partial charge in [-0.05, 0) is 57.9 Å². The summed E-state index contributed by atoms with van der Waals surface area (Å²) in [6.07, 6.45) is 3.18. The van der Waals surface area contributed by atoms with Gasteiger partial charge in [-0.15, -0.1) is 0 Å². The number of carbonyl (C=O) groups is 1. The van der Waals surface area contributed by atoms with E-state index < -0.39 is 0 Å². The van der Waals surface area contributed by atoms with Crippen molar-refractivity contribution in [2.45, 2.75) is 0 Å². The standard InChI is InChI=1S/C17H15Br2NO3/c1-22-15-9-11(8-14(19)17(15)23-2)6-7-16(21)20-13-5-3-4-12(18)10-13/h3-10H,1-2H3,(H,20,21)/b7-6+. The van der Waals surface area contributed by atoms with Crippen molar-refractivity contribution in [3.63, 3.8) is 0 Å². The largest absolute Gasteiger partial charge is 0.493 e. The van der Waals surface area contributed by atoms with Crippen LogP contribution < -0.4 is 14.8 Å². The van der Waals surface area contributed by atoms with E-state index in [-0.39, 0.29) is 5.91 Å². The van der Waals surface area contributed by atoms with Crippen molar-refractivity contribution in [2.75, 3.05) is 19.5 Å². The van der Waals surface area contributed by atoms with Crippen LogP contribution in [0.1, 0.15) is 5.56 Å². The highest BCUT2D eigenvalue weighted by molar-refractivity contribution is 9.10. The molecule has 0 radical (unpaired) electrons. The van der Waals surface area contributed by atoms with E-state index in [4.69, 9.17) is 9.47 Å². The van der Waals surface area contributed by atoms with Gasteiger partial charge in [0.15, 0.2) is 11.5 Å². The van der Waals surface area contributed by atoms with Crippen LogP contribution in [0.2, 0.25) is 0 Å². The molecule has 23 heavy (non-hydrogen) atoms. The third-order valence-corrected chi connectivity index (χ3v) is 4.06. The third kappa shape index (κ3) is 4.84. The Morgan fingerprint density at radius 2 is 1.91 bits per heavy atom. The Morgan fingerprint density at radius 1 is 1.13 bits per heavy atom. The summed E-state index contributed by atoms with van der Waals surface area (Å²) in [7, 11) is 3.14. The number of methoxy groups -OCH3 is 2. The van der Waals surface area contributed by atoms with Crippen LogP contribution >= 0.6 is 31.9 Å². The van der Waals surface area contributed by atoms with Crippen molar-refractivity contribution in [2.24, 2.45) is 0 Å². The first-order chi connectivity index (χ1) is 11.0. The van der Waals surface area contributed by atoms with E-state index in [0.717, 1.165) is 20.2 Å². The molecule has 0 aliphatic heterocycles. The number of anilines is 1. The normalized spacial score (nSPS) is 10.6. The molecule has 0 aliphatic rings. The fourth-order valence-electron chi connectivity index (χ4n) is 1.96. The Kier molecular flexibility index (Phi) is 6.24. The second kappa shape index (κ2) is 8.17. The van der Waals surface area contributed by atoms with E-state index in [1.807, 2.05) is 30.3 Å². The number of amides is 1. The summed E-state index contributed by atoms with van der Waals surface area (Å²) >= 11 is 6.79. The van der Waals surface area contributed by atoms with E-state index in [0.29, 0.717) is 11.5 Å². The maximum absolute atomic E-state index is 12.0. The van der Waals surface area contributed by atoms with Crippen molar-refractivity contribution in [3.8, 4) is 11.5 Å². The molecule has 6 heteroatoms. The number of nitrogens with one attached hydrogen (secondary N) is 1. The van der Waals surface area contributed by atoms with Gasteiger partial charge in [-0.25, -0.2) is 0 Å². The van der Waals surface area contributed by atoms with Crippen molar-refractivity contribution in [3.05, 3.63) is 57.0 Å². The molecule has 0 aromatic heterocycles. The van der Waals surface area contributed by atoms with Crippen LogP contribution in [-0.2, 0) is 4.79 Å². The highest BCUT2D eigenvalue weighted by Crippen LogP contribution is 2.36. The average molecular weight is 441 g/mol. The molecule has 0 atom stereocenters. The first kappa shape index (κ1) is 17.6. The quantitative estimate of drug-likeness (QED) is 0.674. The van der Waals surface area contributed by atoms with Crippen LogP contribution in [0.5, 0.6) is 11.5 Å². The molecule has 2 aromatic carbocycles. The fourth-order valence-corrected chi connectivity index (χ4v) is 2.98. The number of hydrogen-bond donors (Lipinski definition) is 1. The Balaban J connectivity index is 2.13. The number of halogens is 2. The van der Waals surface area contributed by atoms with Gasteiger partial charge in [0.25, 0.3) is 0 Å². The lowest BCUT2D eigenvalue weighted by molar-refractivity contribution is -0.111. The van der Waals surface area contributed by atoms with Gasteiger partial charge in [0, 0.05) is 16.2 Å². The first-order valence-electron chi connectivity index (χ1n) is 6.69. The predicted octanol–water partition coefficient (Wildman–Crippen LogP) is 4.88. The number of carbonyl (C=O) groups excluding carboxylic acids is 1. The Morgan fingerprint density at radius 3 is 2.57 bits per heavy atom. The molecule has 0 fully saturated rings. The molecule has 0 heterocycles. The summed E-state index contributed by atoms with van der Waals surface area (Å²) in [5.41, 5.74) is 1.54. The zero-order valence-corrected chi connectivity index (χ0v) is 15.8. The van der Waals surface area contributed by atoms with Gasteiger partial charge in [0.2, 0.25) is 5.91 Å². The first-order valence-corrected chi connectivity index (χ1v) is 8.28. The van der Waals surface area contributed by atoms with E-state index in [1.165, 1.54) is 6.08 Å². The fraction of sp³-hybridized carbons (Fsp3) is 0.118. The minimum Gasteiger partial charge on any atom is -0.493 e. The van der Waals surface area contributed by atoms with Gasteiger partial charge in [-0.1, -0.05) is 22.0 Å². The van der Waals surface area contributed by atoms with Crippen LogP contribution in [0, 0.1) is 0 Å². The van der Waals surface area contributed by atoms with E-state index in [9.17, 15) is 4.79 Å². The summed E-state index contributed by atoms with van der Waals surface area (Å²) in [4.78, 5) is 12.0. The SMILES string of the molecule is COc1cc(/C=C/C(=O)Nc2cccc(Br)c2)cc(Br)c1OC. The molecule has 1 N–H and O–H groups in total. The number of benzene rings is 2. The van der Waals surface area contributed by atoms with Gasteiger partial charge in [0.05, 0.1) is 18.7 Å². The van der Waals surface area contributed by atoms with Gasteiger partial charge in [-0.2, -0.15) is 0 Å². The van der Waals surface area contributed by atoms with Crippen molar-refractivity contribution >= 4 is 49.5 Å². The summed E-state index contributed by atoms with van der Waals surface area (Å²) in [5, 5.41) is 2.80. The molecular weight excluding hydrogens is 426 g/mol. The lowest BCUT2D eigenvalue weighted by atomic mass is 10.2. The van der Waals surface area contributed by atoms with E-state index in [1.54, 1.807) is 26.4 Å². The molecule has 0 saturated carbocycles. The molecule has 2 aromatic rings. The van der Waals surface area contributed by atoms with Crippen molar-refractivity contribution in [1.29, 1.82) is 0 Å². The minimum absolute atomic E-state index is 0.214. The predicted molar refractivity (Wildman–Crippen MR) is 99.1 cm³/mol. The summed E-state index contributed by atoms with van der Waals surface area (Å²) in [6.45, 7) is 0. The molecule has 4 nitrogen and oxygen atoms in total. The Labute approximate surface area is 151 Å². The highest BCUT2D eigenvalue weighted by atomic mass is 79.9. The van der Waals surface area contributed by atoms with Gasteiger partial charge in [0.1, 0.15) is 0 Å². The van der Waals surface area contributed by atoms with Crippen LogP contribution in [0.15, 0.2) is 51.4 Å². The molecule has 120 valence electrons. The summed E-state index contributed by atoms with van der Waals surface area (Å²) in [5.74, 6) is 0.992. The lowest BCUT2D eigenvalue weighted by Crippen LogP contribution is -2.07. The molecular formula is C17H15Br2NO3. The maximum Gasteiger partial charge on any atom is 0.248 e. The second-order valence-electron chi connectivity index (χ2n) is 4.57. The lowest BCUT2D eigenvalue weighted by Gasteiger charge is -2.10. The number of hydrogen-bond acceptors (Lipinski definition) is 3. The smallest absolute Gasteiger partial charge is 0.248 e. The van der Waals surface area contributed by atoms with Crippen molar-refractivity contribution < 1.29 is 14.3 Å². The molecule has 0 unspecified atom stereocenters. The van der Waals surface area contributed by atoms with Gasteiger partial charge in [-0.3, -0.25) is 4.79 Å².